The molecule has 3 aromatic rings. The number of rotatable bonds is 2. The number of para-hydroxylation sites is 1. The summed E-state index contributed by atoms with van der Waals surface area (Å²) in [7, 11) is 0. The highest BCUT2D eigenvalue weighted by Gasteiger charge is 2.13. The molecule has 2 aromatic carbocycles. The topological polar surface area (TPSA) is 66.9 Å². The van der Waals surface area contributed by atoms with Crippen molar-refractivity contribution in [1.29, 1.82) is 0 Å². The standard InChI is InChI=1S/C15H10FN3O2S/c16-11-7-3-1-5-9(11)13(20)18-19-14(21)10-6-2-4-8-12(10)17-15(19)22/h1-8H,(H,17,22)(H,18,20). The molecular weight excluding hydrogens is 305 g/mol. The largest absolute Gasteiger partial charge is 0.330 e. The minimum absolute atomic E-state index is 0.0217. The Morgan fingerprint density at radius 2 is 1.82 bits per heavy atom. The van der Waals surface area contributed by atoms with Crippen molar-refractivity contribution >= 4 is 29.0 Å². The lowest BCUT2D eigenvalue weighted by atomic mass is 10.2. The number of benzene rings is 2. The molecule has 22 heavy (non-hydrogen) atoms. The van der Waals surface area contributed by atoms with Crippen molar-refractivity contribution in [3.63, 3.8) is 0 Å². The van der Waals surface area contributed by atoms with Crippen molar-refractivity contribution < 1.29 is 9.18 Å². The van der Waals surface area contributed by atoms with Crippen LogP contribution in [-0.2, 0) is 0 Å². The summed E-state index contributed by atoms with van der Waals surface area (Å²) in [5.74, 6) is -1.43. The first-order valence-corrected chi connectivity index (χ1v) is 6.79. The molecule has 0 saturated heterocycles. The van der Waals surface area contributed by atoms with Crippen LogP contribution in [0.15, 0.2) is 53.3 Å². The Morgan fingerprint density at radius 3 is 2.59 bits per heavy atom. The predicted octanol–water partition coefficient (Wildman–Crippen LogP) is 2.58. The van der Waals surface area contributed by atoms with Crippen LogP contribution >= 0.6 is 12.2 Å². The summed E-state index contributed by atoms with van der Waals surface area (Å²) in [6.45, 7) is 0. The molecule has 0 aliphatic heterocycles. The normalized spacial score (nSPS) is 10.6. The van der Waals surface area contributed by atoms with Crippen molar-refractivity contribution in [2.24, 2.45) is 0 Å². The Kier molecular flexibility index (Phi) is 3.56. The van der Waals surface area contributed by atoms with Crippen LogP contribution in [0.2, 0.25) is 0 Å². The van der Waals surface area contributed by atoms with Crippen molar-refractivity contribution in [1.82, 2.24) is 9.66 Å². The summed E-state index contributed by atoms with van der Waals surface area (Å²) in [5, 5.41) is 0.366. The second-order valence-corrected chi connectivity index (χ2v) is 4.92. The molecule has 0 saturated carbocycles. The second-order valence-electron chi connectivity index (χ2n) is 4.54. The van der Waals surface area contributed by atoms with E-state index in [9.17, 15) is 14.0 Å². The zero-order chi connectivity index (χ0) is 15.7. The van der Waals surface area contributed by atoms with Gasteiger partial charge in [-0.2, -0.15) is 4.68 Å². The monoisotopic (exact) mass is 315 g/mol. The van der Waals surface area contributed by atoms with Gasteiger partial charge in [0.15, 0.2) is 4.77 Å². The molecule has 7 heteroatoms. The predicted molar refractivity (Wildman–Crippen MR) is 83.5 cm³/mol. The number of amides is 1. The van der Waals surface area contributed by atoms with E-state index in [0.29, 0.717) is 10.9 Å². The van der Waals surface area contributed by atoms with E-state index in [0.717, 1.165) is 4.68 Å². The average Bonchev–Trinajstić information content (AvgIpc) is 2.51. The van der Waals surface area contributed by atoms with Gasteiger partial charge in [0.25, 0.3) is 11.5 Å². The summed E-state index contributed by atoms with van der Waals surface area (Å²) in [6, 6.07) is 12.3. The number of nitrogens with zero attached hydrogens (tertiary/aromatic N) is 1. The van der Waals surface area contributed by atoms with Gasteiger partial charge in [0.1, 0.15) is 5.82 Å². The minimum Gasteiger partial charge on any atom is -0.330 e. The number of carbonyl (C=O) groups excluding carboxylic acids is 1. The van der Waals surface area contributed by atoms with E-state index >= 15 is 0 Å². The zero-order valence-electron chi connectivity index (χ0n) is 11.2. The molecule has 110 valence electrons. The zero-order valence-corrected chi connectivity index (χ0v) is 12.0. The molecule has 2 N–H and O–H groups in total. The molecule has 1 aromatic heterocycles. The first kappa shape index (κ1) is 14.2. The van der Waals surface area contributed by atoms with Gasteiger partial charge in [-0.3, -0.25) is 15.0 Å². The SMILES string of the molecule is O=C(Nn1c(=S)[nH]c2ccccc2c1=O)c1ccccc1F. The van der Waals surface area contributed by atoms with Gasteiger partial charge in [0.05, 0.1) is 16.5 Å². The number of hydrogen-bond acceptors (Lipinski definition) is 3. The third-order valence-corrected chi connectivity index (χ3v) is 3.42. The summed E-state index contributed by atoms with van der Waals surface area (Å²) in [6.07, 6.45) is 0. The molecule has 0 atom stereocenters. The lowest BCUT2D eigenvalue weighted by molar-refractivity contribution is 0.100. The Hall–Kier alpha value is -2.80. The van der Waals surface area contributed by atoms with Crippen LogP contribution in [-0.4, -0.2) is 15.6 Å². The van der Waals surface area contributed by atoms with E-state index in [1.165, 1.54) is 24.3 Å². The Balaban J connectivity index is 2.08. The van der Waals surface area contributed by atoms with Gasteiger partial charge in [0.2, 0.25) is 0 Å². The number of carbonyl (C=O) groups is 1. The summed E-state index contributed by atoms with van der Waals surface area (Å²) in [4.78, 5) is 27.3. The van der Waals surface area contributed by atoms with E-state index in [4.69, 9.17) is 12.2 Å². The molecule has 0 radical (unpaired) electrons. The molecule has 5 nitrogen and oxygen atoms in total. The van der Waals surface area contributed by atoms with Gasteiger partial charge in [-0.1, -0.05) is 24.3 Å². The van der Waals surface area contributed by atoms with Crippen molar-refractivity contribution in [2.75, 3.05) is 5.43 Å². The van der Waals surface area contributed by atoms with E-state index in [1.807, 2.05) is 0 Å². The lowest BCUT2D eigenvalue weighted by Crippen LogP contribution is -2.34. The summed E-state index contributed by atoms with van der Waals surface area (Å²) < 4.78 is 14.5. The van der Waals surface area contributed by atoms with Gasteiger partial charge in [-0.15, -0.1) is 0 Å². The van der Waals surface area contributed by atoms with Gasteiger partial charge in [-0.25, -0.2) is 4.39 Å². The molecular formula is C15H10FN3O2S. The molecule has 3 rings (SSSR count). The Morgan fingerprint density at radius 1 is 1.14 bits per heavy atom. The van der Waals surface area contributed by atoms with E-state index < -0.39 is 17.3 Å². The number of halogens is 1. The fraction of sp³-hybridized carbons (Fsp3) is 0. The van der Waals surface area contributed by atoms with Crippen molar-refractivity contribution in [3.05, 3.63) is 75.0 Å². The van der Waals surface area contributed by atoms with E-state index in [1.54, 1.807) is 24.3 Å². The maximum absolute atomic E-state index is 13.6. The molecule has 0 aliphatic carbocycles. The Bertz CT molecular complexity index is 994. The molecule has 0 spiro atoms. The molecule has 0 fully saturated rings. The lowest BCUT2D eigenvalue weighted by Gasteiger charge is -2.10. The number of aromatic amines is 1. The molecule has 0 bridgehead atoms. The van der Waals surface area contributed by atoms with Crippen LogP contribution in [0.4, 0.5) is 4.39 Å². The summed E-state index contributed by atoms with van der Waals surface area (Å²) in [5.41, 5.74) is 2.23. The third-order valence-electron chi connectivity index (χ3n) is 3.14. The van der Waals surface area contributed by atoms with Crippen LogP contribution in [0, 0.1) is 10.6 Å². The number of fused-ring (bicyclic) bond motifs is 1. The van der Waals surface area contributed by atoms with E-state index in [2.05, 4.69) is 10.4 Å². The highest BCUT2D eigenvalue weighted by molar-refractivity contribution is 7.71. The number of nitrogens with one attached hydrogen (secondary N) is 2. The highest BCUT2D eigenvalue weighted by Crippen LogP contribution is 2.08. The summed E-state index contributed by atoms with van der Waals surface area (Å²) >= 11 is 5.07. The maximum atomic E-state index is 13.6. The minimum atomic E-state index is -0.755. The third kappa shape index (κ3) is 2.42. The molecule has 0 unspecified atom stereocenters. The first-order valence-electron chi connectivity index (χ1n) is 6.38. The highest BCUT2D eigenvalue weighted by atomic mass is 32.1. The van der Waals surface area contributed by atoms with E-state index in [-0.39, 0.29) is 10.3 Å². The van der Waals surface area contributed by atoms with Crippen molar-refractivity contribution in [3.8, 4) is 0 Å². The first-order chi connectivity index (χ1) is 10.6. The maximum Gasteiger partial charge on any atom is 0.281 e. The van der Waals surface area contributed by atoms with Gasteiger partial charge >= 0.3 is 0 Å². The Labute approximate surface area is 129 Å². The van der Waals surface area contributed by atoms with Crippen LogP contribution in [0.1, 0.15) is 10.4 Å². The van der Waals surface area contributed by atoms with Crippen LogP contribution in [0.25, 0.3) is 10.9 Å². The van der Waals surface area contributed by atoms with Gasteiger partial charge in [-0.05, 0) is 36.5 Å². The van der Waals surface area contributed by atoms with Gasteiger partial charge < -0.3 is 4.98 Å². The molecule has 1 amide bonds. The number of aromatic nitrogens is 2. The number of hydrogen-bond donors (Lipinski definition) is 2. The van der Waals surface area contributed by atoms with Crippen LogP contribution < -0.4 is 11.0 Å². The molecule has 0 aliphatic rings. The average molecular weight is 315 g/mol. The van der Waals surface area contributed by atoms with Gasteiger partial charge in [0, 0.05) is 0 Å². The molecule has 1 heterocycles. The van der Waals surface area contributed by atoms with Crippen molar-refractivity contribution in [2.45, 2.75) is 0 Å². The quantitative estimate of drug-likeness (QED) is 0.714. The smallest absolute Gasteiger partial charge is 0.281 e. The fourth-order valence-corrected chi connectivity index (χ4v) is 2.31. The fourth-order valence-electron chi connectivity index (χ4n) is 2.07. The second kappa shape index (κ2) is 5.53. The number of H-pyrrole nitrogens is 1. The van der Waals surface area contributed by atoms with Crippen LogP contribution in [0.5, 0.6) is 0 Å². The van der Waals surface area contributed by atoms with Crippen LogP contribution in [0.3, 0.4) is 0 Å².